The number of benzene rings is 2. The number of piperidine rings is 1. The highest BCUT2D eigenvalue weighted by molar-refractivity contribution is 6.33. The van der Waals surface area contributed by atoms with Gasteiger partial charge in [-0.2, -0.15) is 0 Å². The molecule has 2 amide bonds. The van der Waals surface area contributed by atoms with Gasteiger partial charge in [-0.3, -0.25) is 14.6 Å². The Balaban J connectivity index is 1.11. The van der Waals surface area contributed by atoms with E-state index in [1.165, 1.54) is 17.7 Å². The number of fused-ring (bicyclic) bond motifs is 1. The molecule has 1 aliphatic carbocycles. The average Bonchev–Trinajstić information content (AvgIpc) is 3.53. The van der Waals surface area contributed by atoms with Gasteiger partial charge < -0.3 is 15.1 Å². The molecule has 1 aromatic heterocycles. The van der Waals surface area contributed by atoms with Crippen LogP contribution in [0.15, 0.2) is 67.0 Å². The zero-order valence-corrected chi connectivity index (χ0v) is 21.6. The number of aryl methyl sites for hydroxylation is 1. The normalized spacial score (nSPS) is 20.2. The van der Waals surface area contributed by atoms with Gasteiger partial charge in [0.2, 0.25) is 0 Å². The Bertz CT molecular complexity index is 1320. The molecule has 3 aliphatic rings. The van der Waals surface area contributed by atoms with Gasteiger partial charge >= 0.3 is 0 Å². The summed E-state index contributed by atoms with van der Waals surface area (Å²) in [4.78, 5) is 34.9. The molecule has 3 aromatic rings. The number of anilines is 1. The van der Waals surface area contributed by atoms with Crippen LogP contribution in [0.25, 0.3) is 0 Å². The number of carbonyl (C=O) groups excluding carboxylic acids is 2. The minimum Gasteiger partial charge on any atom is -0.371 e. The Morgan fingerprint density at radius 3 is 2.51 bits per heavy atom. The Kier molecular flexibility index (Phi) is 6.37. The van der Waals surface area contributed by atoms with Gasteiger partial charge in [0.25, 0.3) is 11.8 Å². The van der Waals surface area contributed by atoms with Crippen LogP contribution in [0, 0.1) is 5.41 Å². The Hall–Kier alpha value is -3.38. The molecule has 6 nitrogen and oxygen atoms in total. The molecule has 1 N–H and O–H groups in total. The third kappa shape index (κ3) is 4.71. The maximum atomic E-state index is 13.5. The first-order valence-corrected chi connectivity index (χ1v) is 13.5. The van der Waals surface area contributed by atoms with Crippen LogP contribution in [0.2, 0.25) is 5.02 Å². The molecule has 1 atom stereocenters. The van der Waals surface area contributed by atoms with Gasteiger partial charge in [-0.15, -0.1) is 0 Å². The maximum Gasteiger partial charge on any atom is 0.253 e. The quantitative estimate of drug-likeness (QED) is 0.514. The van der Waals surface area contributed by atoms with Gasteiger partial charge in [-0.25, -0.2) is 0 Å². The summed E-state index contributed by atoms with van der Waals surface area (Å²) in [5.41, 5.74) is 4.94. The zero-order valence-electron chi connectivity index (χ0n) is 20.8. The minimum atomic E-state index is -0.182. The summed E-state index contributed by atoms with van der Waals surface area (Å²) in [5, 5.41) is 3.57. The number of rotatable bonds is 4. The van der Waals surface area contributed by atoms with Crippen molar-refractivity contribution in [2.45, 2.75) is 38.1 Å². The maximum absolute atomic E-state index is 13.5. The van der Waals surface area contributed by atoms with Gasteiger partial charge in [0, 0.05) is 49.8 Å². The Morgan fingerprint density at radius 1 is 0.973 bits per heavy atom. The average molecular weight is 515 g/mol. The number of carbonyl (C=O) groups is 2. The van der Waals surface area contributed by atoms with Crippen molar-refractivity contribution < 1.29 is 9.59 Å². The molecule has 0 bridgehead atoms. The van der Waals surface area contributed by atoms with Crippen LogP contribution in [0.4, 0.5) is 5.69 Å². The molecular formula is C30H31ClN4O2. The second kappa shape index (κ2) is 9.82. The van der Waals surface area contributed by atoms with Crippen molar-refractivity contribution in [1.29, 1.82) is 0 Å². The van der Waals surface area contributed by atoms with E-state index in [1.807, 2.05) is 41.6 Å². The van der Waals surface area contributed by atoms with Crippen LogP contribution in [-0.4, -0.2) is 47.9 Å². The summed E-state index contributed by atoms with van der Waals surface area (Å²) < 4.78 is 0. The molecule has 1 spiro atoms. The number of nitrogens with zero attached hydrogens (tertiary/aromatic N) is 3. The molecule has 3 heterocycles. The summed E-state index contributed by atoms with van der Waals surface area (Å²) in [7, 11) is 0. The number of nitrogens with one attached hydrogen (secondary N) is 1. The minimum absolute atomic E-state index is 0.0877. The van der Waals surface area contributed by atoms with Crippen molar-refractivity contribution in [2.24, 2.45) is 5.41 Å². The summed E-state index contributed by atoms with van der Waals surface area (Å²) in [6, 6.07) is 17.1. The monoisotopic (exact) mass is 514 g/mol. The SMILES string of the molecule is O=C(N[C@@H]1CCc2ccc(C(=O)N3CCC4(CC3)CCN(c3ccncc3)C4)cc21)c1ccccc1Cl. The van der Waals surface area contributed by atoms with Crippen LogP contribution < -0.4 is 10.2 Å². The van der Waals surface area contributed by atoms with Crippen LogP contribution >= 0.6 is 11.6 Å². The summed E-state index contributed by atoms with van der Waals surface area (Å²) >= 11 is 6.23. The topological polar surface area (TPSA) is 65.5 Å². The number of aromatic nitrogens is 1. The first kappa shape index (κ1) is 24.0. The first-order chi connectivity index (χ1) is 18.0. The number of hydrogen-bond donors (Lipinski definition) is 1. The molecule has 2 aromatic carbocycles. The van der Waals surface area contributed by atoms with Crippen molar-refractivity contribution in [3.05, 3.63) is 94.3 Å². The van der Waals surface area contributed by atoms with E-state index < -0.39 is 0 Å². The Morgan fingerprint density at radius 2 is 1.73 bits per heavy atom. The van der Waals surface area contributed by atoms with E-state index in [9.17, 15) is 9.59 Å². The fourth-order valence-electron chi connectivity index (χ4n) is 6.25. The van der Waals surface area contributed by atoms with E-state index in [0.717, 1.165) is 57.4 Å². The number of pyridine rings is 1. The standard InChI is InChI=1S/C30H31ClN4O2/c31-26-4-2-1-3-24(26)28(36)33-27-8-7-21-5-6-22(19-25(21)27)29(37)34-16-11-30(12-17-34)13-18-35(20-30)23-9-14-32-15-10-23/h1-6,9-10,14-15,19,27H,7-8,11-13,16-18,20H2,(H,33,36)/t27-/m1/s1. The lowest BCUT2D eigenvalue weighted by molar-refractivity contribution is 0.0610. The molecular weight excluding hydrogens is 484 g/mol. The van der Waals surface area contributed by atoms with Gasteiger partial charge in [-0.05, 0) is 85.0 Å². The van der Waals surface area contributed by atoms with Crippen LogP contribution in [0.1, 0.15) is 63.6 Å². The smallest absolute Gasteiger partial charge is 0.253 e. The molecule has 2 fully saturated rings. The molecule has 190 valence electrons. The van der Waals surface area contributed by atoms with E-state index in [4.69, 9.17) is 11.6 Å². The van der Waals surface area contributed by atoms with E-state index in [-0.39, 0.29) is 23.3 Å². The summed E-state index contributed by atoms with van der Waals surface area (Å²) in [6.45, 7) is 3.67. The highest BCUT2D eigenvalue weighted by Gasteiger charge is 2.41. The highest BCUT2D eigenvalue weighted by Crippen LogP contribution is 2.42. The van der Waals surface area contributed by atoms with Gasteiger partial charge in [0.1, 0.15) is 0 Å². The van der Waals surface area contributed by atoms with Crippen molar-refractivity contribution in [2.75, 3.05) is 31.1 Å². The molecule has 0 radical (unpaired) electrons. The van der Waals surface area contributed by atoms with E-state index >= 15 is 0 Å². The van der Waals surface area contributed by atoms with Crippen LogP contribution in [-0.2, 0) is 6.42 Å². The lowest BCUT2D eigenvalue weighted by Crippen LogP contribution is -2.44. The van der Waals surface area contributed by atoms with Crippen LogP contribution in [0.5, 0.6) is 0 Å². The molecule has 37 heavy (non-hydrogen) atoms. The lowest BCUT2D eigenvalue weighted by atomic mass is 9.77. The van der Waals surface area contributed by atoms with Gasteiger partial charge in [0.15, 0.2) is 0 Å². The van der Waals surface area contributed by atoms with Crippen molar-refractivity contribution in [3.63, 3.8) is 0 Å². The number of amides is 2. The first-order valence-electron chi connectivity index (χ1n) is 13.1. The second-order valence-electron chi connectivity index (χ2n) is 10.6. The second-order valence-corrected chi connectivity index (χ2v) is 11.0. The van der Waals surface area contributed by atoms with Crippen molar-refractivity contribution in [1.82, 2.24) is 15.2 Å². The Labute approximate surface area is 222 Å². The fraction of sp³-hybridized carbons (Fsp3) is 0.367. The van der Waals surface area contributed by atoms with E-state index in [1.54, 1.807) is 12.1 Å². The molecule has 7 heteroatoms. The highest BCUT2D eigenvalue weighted by atomic mass is 35.5. The van der Waals surface area contributed by atoms with Gasteiger partial charge in [0.05, 0.1) is 16.6 Å². The summed E-state index contributed by atoms with van der Waals surface area (Å²) in [5.74, 6) is -0.0939. The predicted molar refractivity (Wildman–Crippen MR) is 145 cm³/mol. The number of likely N-dealkylation sites (tertiary alicyclic amines) is 1. The lowest BCUT2D eigenvalue weighted by Gasteiger charge is -2.39. The number of halogens is 1. The molecule has 2 saturated heterocycles. The fourth-order valence-corrected chi connectivity index (χ4v) is 6.47. The largest absolute Gasteiger partial charge is 0.371 e. The third-order valence-electron chi connectivity index (χ3n) is 8.47. The molecule has 6 rings (SSSR count). The predicted octanol–water partition coefficient (Wildman–Crippen LogP) is 5.29. The zero-order chi connectivity index (χ0) is 25.4. The third-order valence-corrected chi connectivity index (χ3v) is 8.80. The van der Waals surface area contributed by atoms with Gasteiger partial charge in [-0.1, -0.05) is 29.8 Å². The van der Waals surface area contributed by atoms with E-state index in [0.29, 0.717) is 16.1 Å². The van der Waals surface area contributed by atoms with Crippen molar-refractivity contribution in [3.8, 4) is 0 Å². The number of hydrogen-bond acceptors (Lipinski definition) is 4. The van der Waals surface area contributed by atoms with Crippen molar-refractivity contribution >= 4 is 29.1 Å². The molecule has 0 saturated carbocycles. The molecule has 0 unspecified atom stereocenters. The summed E-state index contributed by atoms with van der Waals surface area (Å²) in [6.07, 6.45) is 8.64. The molecule has 2 aliphatic heterocycles. The van der Waals surface area contributed by atoms with Crippen LogP contribution in [0.3, 0.4) is 0 Å². The van der Waals surface area contributed by atoms with E-state index in [2.05, 4.69) is 33.4 Å².